The first-order valence-electron chi connectivity index (χ1n) is 6.42. The second-order valence-corrected chi connectivity index (χ2v) is 4.40. The molecule has 0 aliphatic carbocycles. The third kappa shape index (κ3) is 2.54. The number of nitrogens with zero attached hydrogens (tertiary/aromatic N) is 1. The summed E-state index contributed by atoms with van der Waals surface area (Å²) in [5.74, 6) is 0.777. The highest BCUT2D eigenvalue weighted by atomic mass is 16.7. The first-order valence-corrected chi connectivity index (χ1v) is 6.42. The van der Waals surface area contributed by atoms with Crippen LogP contribution in [0.15, 0.2) is 29.3 Å². The average molecular weight is 247 g/mol. The molecule has 1 fully saturated rings. The van der Waals surface area contributed by atoms with Crippen molar-refractivity contribution in [3.8, 4) is 0 Å². The molecule has 0 N–H and O–H groups in total. The maximum Gasteiger partial charge on any atom is 0.216 e. The topological polar surface area (TPSA) is 40.0 Å². The van der Waals surface area contributed by atoms with Gasteiger partial charge in [-0.05, 0) is 18.1 Å². The quantitative estimate of drug-likeness (QED) is 0.814. The lowest BCUT2D eigenvalue weighted by molar-refractivity contribution is -0.0462. The van der Waals surface area contributed by atoms with Gasteiger partial charge in [0.25, 0.3) is 0 Å². The van der Waals surface area contributed by atoms with Gasteiger partial charge in [-0.2, -0.15) is 0 Å². The molecule has 0 amide bonds. The molecule has 0 saturated carbocycles. The summed E-state index contributed by atoms with van der Waals surface area (Å²) in [7, 11) is 0. The summed E-state index contributed by atoms with van der Waals surface area (Å²) >= 11 is 0. The van der Waals surface area contributed by atoms with Gasteiger partial charge in [-0.15, -0.1) is 0 Å². The third-order valence-corrected chi connectivity index (χ3v) is 3.17. The minimum atomic E-state index is -0.0514. The largest absolute Gasteiger partial charge is 0.476 e. The van der Waals surface area contributed by atoms with Gasteiger partial charge in [-0.25, -0.2) is 4.99 Å². The Morgan fingerprint density at radius 3 is 2.72 bits per heavy atom. The van der Waals surface area contributed by atoms with E-state index >= 15 is 0 Å². The van der Waals surface area contributed by atoms with Crippen LogP contribution in [0.3, 0.4) is 0 Å². The molecule has 0 spiro atoms. The first kappa shape index (κ1) is 11.7. The molecule has 0 unspecified atom stereocenters. The van der Waals surface area contributed by atoms with Crippen molar-refractivity contribution in [1.82, 2.24) is 0 Å². The van der Waals surface area contributed by atoms with E-state index in [-0.39, 0.29) is 6.29 Å². The highest BCUT2D eigenvalue weighted by molar-refractivity contribution is 5.96. The molecule has 18 heavy (non-hydrogen) atoms. The van der Waals surface area contributed by atoms with Crippen molar-refractivity contribution in [3.63, 3.8) is 0 Å². The smallest absolute Gasteiger partial charge is 0.216 e. The zero-order chi connectivity index (χ0) is 12.2. The summed E-state index contributed by atoms with van der Waals surface area (Å²) in [5, 5.41) is 0. The molecule has 2 heterocycles. The zero-order valence-electron chi connectivity index (χ0n) is 10.3. The van der Waals surface area contributed by atoms with Crippen LogP contribution in [0.5, 0.6) is 0 Å². The molecule has 2 aliphatic rings. The molecule has 3 rings (SSSR count). The Morgan fingerprint density at radius 2 is 1.94 bits per heavy atom. The van der Waals surface area contributed by atoms with Crippen molar-refractivity contribution in [2.45, 2.75) is 19.1 Å². The fourth-order valence-corrected chi connectivity index (χ4v) is 2.29. The average Bonchev–Trinajstić information content (AvgIpc) is 3.10. The van der Waals surface area contributed by atoms with Crippen LogP contribution in [0.4, 0.5) is 0 Å². The van der Waals surface area contributed by atoms with E-state index in [1.165, 1.54) is 5.56 Å². The van der Waals surface area contributed by atoms with Gasteiger partial charge in [-0.3, -0.25) is 0 Å². The molecule has 96 valence electrons. The Morgan fingerprint density at radius 1 is 1.11 bits per heavy atom. The molecule has 0 aromatic heterocycles. The number of aliphatic imine (C=N–C) groups is 1. The Labute approximate surface area is 107 Å². The molecule has 1 saturated heterocycles. The summed E-state index contributed by atoms with van der Waals surface area (Å²) in [6.45, 7) is 2.88. The molecule has 0 atom stereocenters. The Balaban J connectivity index is 1.70. The van der Waals surface area contributed by atoms with Crippen LogP contribution in [-0.4, -0.2) is 38.6 Å². The van der Waals surface area contributed by atoms with E-state index in [9.17, 15) is 0 Å². The highest BCUT2D eigenvalue weighted by Crippen LogP contribution is 2.18. The van der Waals surface area contributed by atoms with Gasteiger partial charge in [0.1, 0.15) is 6.61 Å². The van der Waals surface area contributed by atoms with Crippen molar-refractivity contribution < 1.29 is 14.2 Å². The summed E-state index contributed by atoms with van der Waals surface area (Å²) in [6, 6.07) is 8.25. The van der Waals surface area contributed by atoms with Crippen molar-refractivity contribution in [2.75, 3.05) is 26.4 Å². The fourth-order valence-electron chi connectivity index (χ4n) is 2.29. The predicted octanol–water partition coefficient (Wildman–Crippen LogP) is 1.77. The molecule has 0 radical (unpaired) electrons. The molecule has 1 aromatic rings. The van der Waals surface area contributed by atoms with E-state index in [4.69, 9.17) is 14.2 Å². The number of benzene rings is 1. The van der Waals surface area contributed by atoms with Gasteiger partial charge in [-0.1, -0.05) is 18.2 Å². The van der Waals surface area contributed by atoms with Crippen molar-refractivity contribution in [2.24, 2.45) is 4.99 Å². The maximum absolute atomic E-state index is 5.54. The van der Waals surface area contributed by atoms with Crippen molar-refractivity contribution >= 4 is 5.90 Å². The van der Waals surface area contributed by atoms with Crippen LogP contribution in [-0.2, 0) is 20.6 Å². The summed E-state index contributed by atoms with van der Waals surface area (Å²) in [4.78, 5) is 4.38. The van der Waals surface area contributed by atoms with Gasteiger partial charge in [0.2, 0.25) is 5.90 Å². The van der Waals surface area contributed by atoms with Crippen molar-refractivity contribution in [3.05, 3.63) is 35.4 Å². The summed E-state index contributed by atoms with van der Waals surface area (Å²) < 4.78 is 16.5. The van der Waals surface area contributed by atoms with Crippen LogP contribution < -0.4 is 0 Å². The van der Waals surface area contributed by atoms with E-state index in [2.05, 4.69) is 17.1 Å². The van der Waals surface area contributed by atoms with Gasteiger partial charge in [0.15, 0.2) is 6.29 Å². The first-order chi connectivity index (χ1) is 8.93. The highest BCUT2D eigenvalue weighted by Gasteiger charge is 2.18. The normalized spacial score (nSPS) is 19.9. The lowest BCUT2D eigenvalue weighted by Gasteiger charge is -2.12. The van der Waals surface area contributed by atoms with Crippen LogP contribution in [0.1, 0.15) is 17.5 Å². The third-order valence-electron chi connectivity index (χ3n) is 3.17. The van der Waals surface area contributed by atoms with E-state index in [1.54, 1.807) is 0 Å². The number of hydrogen-bond acceptors (Lipinski definition) is 4. The Bertz CT molecular complexity index is 438. The van der Waals surface area contributed by atoms with Gasteiger partial charge in [0.05, 0.1) is 19.8 Å². The molecular formula is C14H17NO3. The maximum atomic E-state index is 5.54. The van der Waals surface area contributed by atoms with Crippen molar-refractivity contribution in [1.29, 1.82) is 0 Å². The van der Waals surface area contributed by atoms with Crippen LogP contribution in [0, 0.1) is 0 Å². The molecule has 1 aromatic carbocycles. The lowest BCUT2D eigenvalue weighted by atomic mass is 10.0. The number of rotatable bonds is 4. The minimum absolute atomic E-state index is 0.0514. The molecule has 4 heteroatoms. The monoisotopic (exact) mass is 247 g/mol. The second kappa shape index (κ2) is 5.50. The van der Waals surface area contributed by atoms with Gasteiger partial charge < -0.3 is 14.2 Å². The fraction of sp³-hybridized carbons (Fsp3) is 0.500. The van der Waals surface area contributed by atoms with E-state index in [0.717, 1.165) is 30.8 Å². The Kier molecular flexibility index (Phi) is 3.57. The van der Waals surface area contributed by atoms with Gasteiger partial charge in [0, 0.05) is 12.0 Å². The summed E-state index contributed by atoms with van der Waals surface area (Å²) in [5.41, 5.74) is 2.35. The van der Waals surface area contributed by atoms with Crippen LogP contribution in [0.25, 0.3) is 0 Å². The van der Waals surface area contributed by atoms with E-state index < -0.39 is 0 Å². The summed E-state index contributed by atoms with van der Waals surface area (Å²) in [6.07, 6.45) is 1.75. The van der Waals surface area contributed by atoms with Crippen LogP contribution >= 0.6 is 0 Å². The van der Waals surface area contributed by atoms with Gasteiger partial charge >= 0.3 is 0 Å². The SMILES string of the molecule is c1ccc(C2=NCCO2)c(CCC2OCCO2)c1. The number of ether oxygens (including phenoxy) is 3. The standard InChI is InChI=1S/C14H17NO3/c1-2-4-12(14-15-7-8-18-14)11(3-1)5-6-13-16-9-10-17-13/h1-4,13H,5-10H2. The molecule has 2 aliphatic heterocycles. The van der Waals surface area contributed by atoms with E-state index in [0.29, 0.717) is 19.8 Å². The Hall–Kier alpha value is -1.39. The number of aryl methyl sites for hydroxylation is 1. The van der Waals surface area contributed by atoms with Crippen LogP contribution in [0.2, 0.25) is 0 Å². The number of hydrogen-bond donors (Lipinski definition) is 0. The second-order valence-electron chi connectivity index (χ2n) is 4.40. The predicted molar refractivity (Wildman–Crippen MR) is 67.8 cm³/mol. The minimum Gasteiger partial charge on any atom is -0.476 e. The molecule has 4 nitrogen and oxygen atoms in total. The zero-order valence-corrected chi connectivity index (χ0v) is 10.3. The molecule has 0 bridgehead atoms. The lowest BCUT2D eigenvalue weighted by Crippen LogP contribution is -2.11. The van der Waals surface area contributed by atoms with E-state index in [1.807, 2.05) is 12.1 Å². The molecular weight excluding hydrogens is 230 g/mol.